The predicted octanol–water partition coefficient (Wildman–Crippen LogP) is 3.48. The molecule has 0 fully saturated rings. The normalized spacial score (nSPS) is 13.0. The molecule has 0 aliphatic rings. The maximum Gasteiger partial charge on any atom is 0.434 e. The fourth-order valence-electron chi connectivity index (χ4n) is 1.95. The summed E-state index contributed by atoms with van der Waals surface area (Å²) in [5.74, 6) is 0.491. The number of carbonyl (C=O) groups is 1. The summed E-state index contributed by atoms with van der Waals surface area (Å²) in [5, 5.41) is 10.5. The summed E-state index contributed by atoms with van der Waals surface area (Å²) in [4.78, 5) is 15.6. The third-order valence-corrected chi connectivity index (χ3v) is 4.03. The first-order valence-electron chi connectivity index (χ1n) is 6.81. The first-order valence-corrected chi connectivity index (χ1v) is 7.69. The number of aromatic nitrogens is 3. The number of hydrogen-bond acceptors (Lipinski definition) is 4. The number of urea groups is 1. The minimum Gasteiger partial charge on any atom is -0.329 e. The van der Waals surface area contributed by atoms with Crippen molar-refractivity contribution in [2.45, 2.75) is 32.5 Å². The molecule has 126 valence electrons. The van der Waals surface area contributed by atoms with E-state index in [0.717, 1.165) is 22.4 Å². The van der Waals surface area contributed by atoms with E-state index in [-0.39, 0.29) is 5.01 Å². The Morgan fingerprint density at radius 1 is 1.48 bits per heavy atom. The van der Waals surface area contributed by atoms with Gasteiger partial charge in [-0.3, -0.25) is 10.00 Å². The number of alkyl halides is 3. The Morgan fingerprint density at radius 3 is 2.65 bits per heavy atom. The third kappa shape index (κ3) is 4.21. The second kappa shape index (κ2) is 6.57. The van der Waals surface area contributed by atoms with Crippen LogP contribution >= 0.6 is 11.3 Å². The van der Waals surface area contributed by atoms with Crippen LogP contribution in [-0.2, 0) is 13.2 Å². The quantitative estimate of drug-likeness (QED) is 0.889. The fourth-order valence-corrected chi connectivity index (χ4v) is 2.91. The van der Waals surface area contributed by atoms with E-state index in [2.05, 4.69) is 20.7 Å². The number of hydrogen-bond donors (Lipinski definition) is 2. The first-order chi connectivity index (χ1) is 10.7. The van der Waals surface area contributed by atoms with Gasteiger partial charge in [-0.25, -0.2) is 9.78 Å². The number of aryl methyl sites for hydroxylation is 2. The fraction of sp³-hybridized carbons (Fsp3) is 0.462. The molecule has 0 spiro atoms. The van der Waals surface area contributed by atoms with E-state index in [0.29, 0.717) is 12.2 Å². The van der Waals surface area contributed by atoms with Gasteiger partial charge in [0.15, 0.2) is 5.69 Å². The highest BCUT2D eigenvalue weighted by molar-refractivity contribution is 7.09. The molecule has 2 rings (SSSR count). The molecule has 0 aliphatic heterocycles. The Bertz CT molecular complexity index is 694. The molecule has 1 atom stereocenters. The molecule has 2 heterocycles. The van der Waals surface area contributed by atoms with Crippen molar-refractivity contribution >= 4 is 23.2 Å². The largest absolute Gasteiger partial charge is 0.434 e. The standard InChI is InChI=1S/C13H16F3N5OS/c1-4-8(11-18-9(6-23-11)13(14,15)16)17-12(22)19-10-5-7(2)20-21(10)3/h5-6,8H,4H2,1-3H3,(H2,17,19,22). The third-order valence-electron chi connectivity index (χ3n) is 3.07. The van der Waals surface area contributed by atoms with Crippen molar-refractivity contribution in [3.63, 3.8) is 0 Å². The van der Waals surface area contributed by atoms with Gasteiger partial charge in [0.25, 0.3) is 0 Å². The maximum absolute atomic E-state index is 12.6. The molecule has 2 aromatic rings. The zero-order chi connectivity index (χ0) is 17.2. The molecular weight excluding hydrogens is 331 g/mol. The summed E-state index contributed by atoms with van der Waals surface area (Å²) in [5.41, 5.74) is -0.204. The van der Waals surface area contributed by atoms with Gasteiger partial charge in [0.05, 0.1) is 11.7 Å². The number of anilines is 1. The zero-order valence-electron chi connectivity index (χ0n) is 12.7. The molecule has 2 amide bonds. The van der Waals surface area contributed by atoms with Crippen LogP contribution in [0.25, 0.3) is 0 Å². The maximum atomic E-state index is 12.6. The first kappa shape index (κ1) is 17.3. The summed E-state index contributed by atoms with van der Waals surface area (Å²) in [7, 11) is 1.68. The van der Waals surface area contributed by atoms with Crippen LogP contribution < -0.4 is 10.6 Å². The summed E-state index contributed by atoms with van der Waals surface area (Å²) < 4.78 is 39.3. The van der Waals surface area contributed by atoms with Crippen molar-refractivity contribution in [1.29, 1.82) is 0 Å². The molecule has 2 aromatic heterocycles. The molecule has 0 bridgehead atoms. The van der Waals surface area contributed by atoms with Crippen molar-refractivity contribution in [3.05, 3.63) is 27.8 Å². The highest BCUT2D eigenvalue weighted by Gasteiger charge is 2.34. The molecule has 1 unspecified atom stereocenters. The average molecular weight is 347 g/mol. The van der Waals surface area contributed by atoms with Crippen molar-refractivity contribution in [1.82, 2.24) is 20.1 Å². The van der Waals surface area contributed by atoms with Crippen molar-refractivity contribution in [2.75, 3.05) is 5.32 Å². The lowest BCUT2D eigenvalue weighted by Gasteiger charge is -2.15. The highest BCUT2D eigenvalue weighted by Crippen LogP contribution is 2.32. The van der Waals surface area contributed by atoms with E-state index in [1.165, 1.54) is 4.68 Å². The van der Waals surface area contributed by atoms with E-state index in [1.54, 1.807) is 27.0 Å². The van der Waals surface area contributed by atoms with Gasteiger partial charge in [0.1, 0.15) is 10.8 Å². The van der Waals surface area contributed by atoms with Gasteiger partial charge in [-0.2, -0.15) is 18.3 Å². The lowest BCUT2D eigenvalue weighted by atomic mass is 10.2. The van der Waals surface area contributed by atoms with Crippen LogP contribution in [0.5, 0.6) is 0 Å². The van der Waals surface area contributed by atoms with Gasteiger partial charge in [0, 0.05) is 18.5 Å². The van der Waals surface area contributed by atoms with E-state index < -0.39 is 23.9 Å². The zero-order valence-corrected chi connectivity index (χ0v) is 13.5. The van der Waals surface area contributed by atoms with Gasteiger partial charge < -0.3 is 5.32 Å². The number of rotatable bonds is 4. The molecular formula is C13H16F3N5OS. The average Bonchev–Trinajstić information content (AvgIpc) is 3.03. The number of amides is 2. The van der Waals surface area contributed by atoms with E-state index in [9.17, 15) is 18.0 Å². The van der Waals surface area contributed by atoms with Crippen LogP contribution in [0.4, 0.5) is 23.8 Å². The molecule has 0 saturated carbocycles. The van der Waals surface area contributed by atoms with Crippen LogP contribution in [0.15, 0.2) is 11.4 Å². The van der Waals surface area contributed by atoms with Crippen LogP contribution in [0.3, 0.4) is 0 Å². The molecule has 10 heteroatoms. The monoisotopic (exact) mass is 347 g/mol. The number of nitrogens with zero attached hydrogens (tertiary/aromatic N) is 3. The molecule has 0 aromatic carbocycles. The van der Waals surface area contributed by atoms with Crippen LogP contribution in [0.1, 0.15) is 35.8 Å². The summed E-state index contributed by atoms with van der Waals surface area (Å²) in [6.45, 7) is 3.54. The van der Waals surface area contributed by atoms with Crippen LogP contribution in [-0.4, -0.2) is 20.8 Å². The second-order valence-corrected chi connectivity index (χ2v) is 5.81. The summed E-state index contributed by atoms with van der Waals surface area (Å²) in [6.07, 6.45) is -4.07. The Hall–Kier alpha value is -2.10. The molecule has 0 aliphatic carbocycles. The lowest BCUT2D eigenvalue weighted by molar-refractivity contribution is -0.140. The molecule has 0 radical (unpaired) electrons. The number of halogens is 3. The summed E-state index contributed by atoms with van der Waals surface area (Å²) >= 11 is 0.873. The Balaban J connectivity index is 2.05. The van der Waals surface area contributed by atoms with Crippen molar-refractivity contribution in [3.8, 4) is 0 Å². The Kier molecular flexibility index (Phi) is 4.93. The number of thiazole rings is 1. The molecule has 6 nitrogen and oxygen atoms in total. The smallest absolute Gasteiger partial charge is 0.329 e. The molecule has 0 saturated heterocycles. The highest BCUT2D eigenvalue weighted by atomic mass is 32.1. The van der Waals surface area contributed by atoms with Crippen LogP contribution in [0.2, 0.25) is 0 Å². The van der Waals surface area contributed by atoms with Gasteiger partial charge >= 0.3 is 12.2 Å². The van der Waals surface area contributed by atoms with Gasteiger partial charge in [-0.05, 0) is 13.3 Å². The molecule has 2 N–H and O–H groups in total. The van der Waals surface area contributed by atoms with Crippen molar-refractivity contribution < 1.29 is 18.0 Å². The molecule has 23 heavy (non-hydrogen) atoms. The minimum atomic E-state index is -4.48. The minimum absolute atomic E-state index is 0.219. The second-order valence-electron chi connectivity index (χ2n) is 4.92. The Labute approximate surface area is 134 Å². The summed E-state index contributed by atoms with van der Waals surface area (Å²) in [6, 6.07) is 0.570. The van der Waals surface area contributed by atoms with Crippen LogP contribution in [0, 0.1) is 6.92 Å². The topological polar surface area (TPSA) is 71.8 Å². The van der Waals surface area contributed by atoms with Gasteiger partial charge in [0.2, 0.25) is 0 Å². The van der Waals surface area contributed by atoms with E-state index in [1.807, 2.05) is 0 Å². The van der Waals surface area contributed by atoms with Gasteiger partial charge in [-0.15, -0.1) is 11.3 Å². The lowest BCUT2D eigenvalue weighted by Crippen LogP contribution is -2.33. The van der Waals surface area contributed by atoms with E-state index >= 15 is 0 Å². The number of nitrogens with one attached hydrogen (secondary N) is 2. The number of carbonyl (C=O) groups excluding carboxylic acids is 1. The Morgan fingerprint density at radius 2 is 2.17 bits per heavy atom. The van der Waals surface area contributed by atoms with Crippen molar-refractivity contribution in [2.24, 2.45) is 7.05 Å². The van der Waals surface area contributed by atoms with Gasteiger partial charge in [-0.1, -0.05) is 6.92 Å². The SMILES string of the molecule is CCC(NC(=O)Nc1cc(C)nn1C)c1nc(C(F)(F)F)cs1. The predicted molar refractivity (Wildman–Crippen MR) is 80.2 cm³/mol. The van der Waals surface area contributed by atoms with E-state index in [4.69, 9.17) is 0 Å².